The Balaban J connectivity index is 1.25. The molecule has 6 rings (SSSR count). The number of hydrazine groups is 1. The van der Waals surface area contributed by atoms with E-state index in [1.54, 1.807) is 24.3 Å². The molecule has 0 radical (unpaired) electrons. The fourth-order valence-corrected chi connectivity index (χ4v) is 7.46. The van der Waals surface area contributed by atoms with Gasteiger partial charge in [0, 0.05) is 24.2 Å². The molecule has 1 heterocycles. The minimum Gasteiger partial charge on any atom is -0.301 e. The van der Waals surface area contributed by atoms with Crippen molar-refractivity contribution in [2.24, 2.45) is 11.8 Å². The van der Waals surface area contributed by atoms with Crippen LogP contribution in [0.5, 0.6) is 0 Å². The van der Waals surface area contributed by atoms with Crippen LogP contribution in [-0.2, 0) is 10.0 Å². The first-order valence-electron chi connectivity index (χ1n) is 13.4. The molecular formula is C32H29FN4O2S. The van der Waals surface area contributed by atoms with Crippen LogP contribution in [0.3, 0.4) is 0 Å². The molecule has 0 saturated carbocycles. The third kappa shape index (κ3) is 4.61. The maximum Gasteiger partial charge on any atom is 0.244 e. The van der Waals surface area contributed by atoms with Crippen molar-refractivity contribution >= 4 is 15.7 Å². The van der Waals surface area contributed by atoms with Gasteiger partial charge in [-0.05, 0) is 77.9 Å². The third-order valence-corrected chi connectivity index (χ3v) is 9.88. The fraction of sp³-hybridized carbons (Fsp3) is 0.219. The zero-order valence-electron chi connectivity index (χ0n) is 22.1. The first-order valence-corrected chi connectivity index (χ1v) is 14.8. The number of nitrogens with zero attached hydrogens (tertiary/aromatic N) is 3. The second kappa shape index (κ2) is 10.4. The molecule has 2 atom stereocenters. The Morgan fingerprint density at radius 2 is 1.73 bits per heavy atom. The average Bonchev–Trinajstić information content (AvgIpc) is 3.59. The molecule has 1 aliphatic heterocycles. The van der Waals surface area contributed by atoms with Gasteiger partial charge in [-0.3, -0.25) is 5.01 Å². The Morgan fingerprint density at radius 1 is 1.02 bits per heavy atom. The maximum atomic E-state index is 13.7. The molecule has 3 aromatic carbocycles. The number of fused-ring (bicyclic) bond motifs is 1. The molecule has 0 amide bonds. The van der Waals surface area contributed by atoms with Gasteiger partial charge in [0.1, 0.15) is 12.4 Å². The Bertz CT molecular complexity index is 1670. The van der Waals surface area contributed by atoms with Crippen LogP contribution in [0.15, 0.2) is 118 Å². The van der Waals surface area contributed by atoms with Crippen LogP contribution in [-0.4, -0.2) is 25.8 Å². The van der Waals surface area contributed by atoms with Gasteiger partial charge in [0.2, 0.25) is 10.0 Å². The van der Waals surface area contributed by atoms with Crippen LogP contribution >= 0.6 is 0 Å². The smallest absolute Gasteiger partial charge is 0.244 e. The Hall–Kier alpha value is -4.19. The summed E-state index contributed by atoms with van der Waals surface area (Å²) in [5.41, 5.74) is 10.7. The molecule has 0 bridgehead atoms. The molecule has 8 heteroatoms. The predicted octanol–water partition coefficient (Wildman–Crippen LogP) is 6.16. The normalized spacial score (nSPS) is 20.0. The molecule has 1 N–H and O–H groups in total. The summed E-state index contributed by atoms with van der Waals surface area (Å²) in [5.74, 6) is -0.192. The summed E-state index contributed by atoms with van der Waals surface area (Å²) in [7, 11) is -3.86. The second-order valence-electron chi connectivity index (χ2n) is 10.4. The molecule has 0 spiro atoms. The van der Waals surface area contributed by atoms with Gasteiger partial charge >= 0.3 is 0 Å². The summed E-state index contributed by atoms with van der Waals surface area (Å²) in [6.45, 7) is 2.19. The molecule has 40 heavy (non-hydrogen) atoms. The number of anilines is 1. The minimum atomic E-state index is -3.86. The molecule has 0 aromatic heterocycles. The number of allylic oxidation sites excluding steroid dienone is 3. The summed E-state index contributed by atoms with van der Waals surface area (Å²) >= 11 is 0. The highest BCUT2D eigenvalue weighted by Crippen LogP contribution is 2.48. The first kappa shape index (κ1) is 26.1. The van der Waals surface area contributed by atoms with Crippen molar-refractivity contribution in [3.63, 3.8) is 0 Å². The van der Waals surface area contributed by atoms with Crippen molar-refractivity contribution in [1.82, 2.24) is 9.73 Å². The molecule has 3 aromatic rings. The predicted molar refractivity (Wildman–Crippen MR) is 153 cm³/mol. The number of nitriles is 1. The third-order valence-electron chi connectivity index (χ3n) is 8.06. The number of halogens is 1. The van der Waals surface area contributed by atoms with Gasteiger partial charge in [-0.25, -0.2) is 12.8 Å². The van der Waals surface area contributed by atoms with Crippen LogP contribution < -0.4 is 10.4 Å². The van der Waals surface area contributed by atoms with Crippen LogP contribution in [0.2, 0.25) is 0 Å². The monoisotopic (exact) mass is 552 g/mol. The van der Waals surface area contributed by atoms with Crippen molar-refractivity contribution in [1.29, 1.82) is 5.26 Å². The summed E-state index contributed by atoms with van der Waals surface area (Å²) in [4.78, 5) is 0.186. The van der Waals surface area contributed by atoms with E-state index in [0.29, 0.717) is 0 Å². The van der Waals surface area contributed by atoms with E-state index in [1.165, 1.54) is 27.6 Å². The number of hydrogen-bond acceptors (Lipinski definition) is 5. The molecule has 3 aliphatic rings. The number of sulfonamides is 1. The average molecular weight is 553 g/mol. The van der Waals surface area contributed by atoms with Crippen LogP contribution in [0.1, 0.15) is 19.8 Å². The Kier molecular flexibility index (Phi) is 6.78. The molecule has 0 fully saturated rings. The molecule has 2 aliphatic carbocycles. The van der Waals surface area contributed by atoms with Crippen LogP contribution in [0.4, 0.5) is 10.1 Å². The lowest BCUT2D eigenvalue weighted by atomic mass is 9.80. The standard InChI is InChI=1S/C32H29FN4O2S/c1-22-30-20-35-37(28-13-11-27(33)12-14-28)31(30)19-25-7-8-26(32(22)25)21-36(18-17-34)40(38,39)29-15-9-24(10-16-29)23-5-3-2-4-6-23/h2-6,9-16,19-20,22,26,35H,7-8,18,21H2,1H3/t22-,26+/m0/s1. The summed E-state index contributed by atoms with van der Waals surface area (Å²) < 4.78 is 42.2. The SMILES string of the molecule is C[C@H]1C2=CNN(c3ccc(F)cc3)C2=CC2=C1[C@@H](CN(CC#N)S(=O)(=O)c1ccc(-c3ccccc3)cc1)CC2. The molecular weight excluding hydrogens is 523 g/mol. The lowest BCUT2D eigenvalue weighted by Gasteiger charge is -2.31. The van der Waals surface area contributed by atoms with Gasteiger partial charge < -0.3 is 5.43 Å². The molecule has 0 saturated heterocycles. The Morgan fingerprint density at radius 3 is 2.42 bits per heavy atom. The lowest BCUT2D eigenvalue weighted by molar-refractivity contribution is 0.380. The van der Waals surface area contributed by atoms with E-state index in [-0.39, 0.29) is 35.6 Å². The lowest BCUT2D eigenvalue weighted by Crippen LogP contribution is -2.36. The maximum absolute atomic E-state index is 13.7. The van der Waals surface area contributed by atoms with E-state index < -0.39 is 10.0 Å². The van der Waals surface area contributed by atoms with E-state index >= 15 is 0 Å². The van der Waals surface area contributed by atoms with Gasteiger partial charge in [0.05, 0.1) is 22.3 Å². The van der Waals surface area contributed by atoms with Gasteiger partial charge in [-0.15, -0.1) is 0 Å². The quantitative estimate of drug-likeness (QED) is 0.356. The summed E-state index contributed by atoms with van der Waals surface area (Å²) in [5, 5.41) is 11.5. The van der Waals surface area contributed by atoms with Crippen LogP contribution in [0.25, 0.3) is 11.1 Å². The summed E-state index contributed by atoms with van der Waals surface area (Å²) in [6, 6.07) is 25.1. The Labute approximate surface area is 234 Å². The van der Waals surface area contributed by atoms with Crippen molar-refractivity contribution in [2.75, 3.05) is 18.1 Å². The van der Waals surface area contributed by atoms with E-state index in [4.69, 9.17) is 0 Å². The zero-order chi connectivity index (χ0) is 27.9. The summed E-state index contributed by atoms with van der Waals surface area (Å²) in [6.07, 6.45) is 5.79. The highest BCUT2D eigenvalue weighted by molar-refractivity contribution is 7.89. The topological polar surface area (TPSA) is 76.4 Å². The van der Waals surface area contributed by atoms with E-state index in [9.17, 15) is 18.1 Å². The molecule has 0 unspecified atom stereocenters. The number of nitrogens with one attached hydrogen (secondary N) is 1. The fourth-order valence-electron chi connectivity index (χ4n) is 6.08. The van der Waals surface area contributed by atoms with Crippen molar-refractivity contribution < 1.29 is 12.8 Å². The van der Waals surface area contributed by atoms with Gasteiger partial charge in [0.25, 0.3) is 0 Å². The van der Waals surface area contributed by atoms with Crippen LogP contribution in [0, 0.1) is 29.0 Å². The van der Waals surface area contributed by atoms with Crippen molar-refractivity contribution in [2.45, 2.75) is 24.7 Å². The molecule has 202 valence electrons. The van der Waals surface area contributed by atoms with Gasteiger partial charge in [0.15, 0.2) is 0 Å². The van der Waals surface area contributed by atoms with E-state index in [2.05, 4.69) is 24.5 Å². The highest BCUT2D eigenvalue weighted by Gasteiger charge is 2.40. The van der Waals surface area contributed by atoms with Crippen molar-refractivity contribution in [3.05, 3.63) is 119 Å². The molecule has 6 nitrogen and oxygen atoms in total. The second-order valence-corrected chi connectivity index (χ2v) is 12.3. The largest absolute Gasteiger partial charge is 0.301 e. The van der Waals surface area contributed by atoms with E-state index in [0.717, 1.165) is 40.9 Å². The number of rotatable bonds is 7. The van der Waals surface area contributed by atoms with Gasteiger partial charge in [-0.1, -0.05) is 55.0 Å². The first-order chi connectivity index (χ1) is 19.4. The number of hydrogen-bond donors (Lipinski definition) is 1. The number of benzene rings is 3. The van der Waals surface area contributed by atoms with Gasteiger partial charge in [-0.2, -0.15) is 9.57 Å². The van der Waals surface area contributed by atoms with Crippen molar-refractivity contribution in [3.8, 4) is 17.2 Å². The van der Waals surface area contributed by atoms with E-state index in [1.807, 2.05) is 53.7 Å². The zero-order valence-corrected chi connectivity index (χ0v) is 22.9. The highest BCUT2D eigenvalue weighted by atomic mass is 32.2. The minimum absolute atomic E-state index is 0.00953.